The molecule has 29 heavy (non-hydrogen) atoms. The Labute approximate surface area is 167 Å². The Kier molecular flexibility index (Phi) is 4.35. The summed E-state index contributed by atoms with van der Waals surface area (Å²) in [4.78, 5) is 27.4. The molecule has 7 nitrogen and oxygen atoms in total. The van der Waals surface area contributed by atoms with Gasteiger partial charge in [0, 0.05) is 61.7 Å². The molecule has 0 spiro atoms. The molecule has 2 aliphatic rings. The summed E-state index contributed by atoms with van der Waals surface area (Å²) in [5.41, 5.74) is 8.63. The van der Waals surface area contributed by atoms with E-state index in [1.54, 1.807) is 24.4 Å². The number of rotatable bonds is 3. The number of nitrogens with two attached hydrogens (primary N) is 1. The van der Waals surface area contributed by atoms with Crippen molar-refractivity contribution in [3.05, 3.63) is 70.4 Å². The van der Waals surface area contributed by atoms with Gasteiger partial charge in [0.2, 0.25) is 0 Å². The van der Waals surface area contributed by atoms with Crippen LogP contribution in [-0.4, -0.2) is 37.5 Å². The van der Waals surface area contributed by atoms with Crippen molar-refractivity contribution in [2.75, 3.05) is 18.8 Å². The number of anilines is 1. The van der Waals surface area contributed by atoms with E-state index in [1.807, 2.05) is 10.6 Å². The van der Waals surface area contributed by atoms with E-state index in [9.17, 15) is 9.18 Å². The van der Waals surface area contributed by atoms with E-state index < -0.39 is 0 Å². The second-order valence-corrected chi connectivity index (χ2v) is 7.87. The first kappa shape index (κ1) is 17.9. The van der Waals surface area contributed by atoms with E-state index in [0.717, 1.165) is 30.8 Å². The Morgan fingerprint density at radius 1 is 1.14 bits per heavy atom. The Bertz CT molecular complexity index is 1130. The van der Waals surface area contributed by atoms with Crippen molar-refractivity contribution < 1.29 is 4.39 Å². The summed E-state index contributed by atoms with van der Waals surface area (Å²) in [6.45, 7) is 2.76. The van der Waals surface area contributed by atoms with Crippen molar-refractivity contribution in [1.82, 2.24) is 24.4 Å². The lowest BCUT2D eigenvalue weighted by Gasteiger charge is -2.42. The molecule has 2 atom stereocenters. The monoisotopic (exact) mass is 392 g/mol. The zero-order valence-electron chi connectivity index (χ0n) is 15.8. The van der Waals surface area contributed by atoms with Gasteiger partial charge in [-0.2, -0.15) is 0 Å². The number of nitrogens with zero attached hydrogens (tertiary/aromatic N) is 5. The van der Waals surface area contributed by atoms with Gasteiger partial charge in [-0.25, -0.2) is 14.4 Å². The third-order valence-corrected chi connectivity index (χ3v) is 5.82. The van der Waals surface area contributed by atoms with Gasteiger partial charge in [-0.15, -0.1) is 0 Å². The second kappa shape index (κ2) is 7.04. The number of pyridine rings is 2. The average molecular weight is 392 g/mol. The highest BCUT2D eigenvalue weighted by atomic mass is 19.1. The number of piperidine rings is 1. The van der Waals surface area contributed by atoms with Gasteiger partial charge < -0.3 is 10.3 Å². The fourth-order valence-electron chi connectivity index (χ4n) is 4.61. The maximum atomic E-state index is 14.0. The average Bonchev–Trinajstić information content (AvgIpc) is 2.70. The van der Waals surface area contributed by atoms with Crippen LogP contribution < -0.4 is 11.3 Å². The van der Waals surface area contributed by atoms with Crippen LogP contribution in [0.1, 0.15) is 23.7 Å². The van der Waals surface area contributed by atoms with E-state index in [4.69, 9.17) is 5.73 Å². The quantitative estimate of drug-likeness (QED) is 0.734. The molecule has 5 rings (SSSR count). The molecule has 0 amide bonds. The van der Waals surface area contributed by atoms with Crippen LogP contribution in [0.15, 0.2) is 47.7 Å². The molecule has 0 unspecified atom stereocenters. The van der Waals surface area contributed by atoms with E-state index in [2.05, 4.69) is 19.9 Å². The Hall–Kier alpha value is -3.13. The Morgan fingerprint density at radius 3 is 2.86 bits per heavy atom. The smallest absolute Gasteiger partial charge is 0.251 e. The topological polar surface area (TPSA) is 89.9 Å². The molecule has 5 heterocycles. The first-order valence-corrected chi connectivity index (χ1v) is 9.71. The number of fused-ring (bicyclic) bond motifs is 4. The minimum Gasteiger partial charge on any atom is -0.384 e. The van der Waals surface area contributed by atoms with Crippen molar-refractivity contribution in [1.29, 1.82) is 0 Å². The molecule has 1 fully saturated rings. The van der Waals surface area contributed by atoms with Crippen molar-refractivity contribution in [3.63, 3.8) is 0 Å². The molecule has 0 aromatic carbocycles. The van der Waals surface area contributed by atoms with Crippen molar-refractivity contribution in [2.24, 2.45) is 5.92 Å². The van der Waals surface area contributed by atoms with Crippen LogP contribution in [-0.2, 0) is 13.1 Å². The van der Waals surface area contributed by atoms with Crippen molar-refractivity contribution in [2.45, 2.75) is 25.4 Å². The summed E-state index contributed by atoms with van der Waals surface area (Å²) in [6.07, 6.45) is 4.05. The maximum Gasteiger partial charge on any atom is 0.251 e. The van der Waals surface area contributed by atoms with Crippen LogP contribution in [0.2, 0.25) is 0 Å². The van der Waals surface area contributed by atoms with Crippen molar-refractivity contribution in [3.8, 4) is 11.3 Å². The normalized spacial score (nSPS) is 21.0. The molecule has 2 aliphatic heterocycles. The fourth-order valence-corrected chi connectivity index (χ4v) is 4.61. The lowest BCUT2D eigenvalue weighted by Crippen LogP contribution is -2.46. The largest absolute Gasteiger partial charge is 0.384 e. The third kappa shape index (κ3) is 3.40. The highest BCUT2D eigenvalue weighted by molar-refractivity contribution is 5.61. The standard InChI is InChI=1S/C21H21FN6O/c22-16-2-1-3-24-18(16)11-27-8-13-4-15(10-27)19-5-14(6-21(29)28(19)9-13)17-7-20(23)26-12-25-17/h1-3,5-7,12-13,15H,4,8-11H2,(H2,23,25,26)/t13-,15+/m0/s1. The predicted octanol–water partition coefficient (Wildman–Crippen LogP) is 2.04. The lowest BCUT2D eigenvalue weighted by molar-refractivity contribution is 0.112. The van der Waals surface area contributed by atoms with E-state index in [1.165, 1.54) is 12.4 Å². The number of aromatic nitrogens is 4. The molecular weight excluding hydrogens is 371 g/mol. The van der Waals surface area contributed by atoms with Crippen LogP contribution in [0, 0.1) is 11.7 Å². The van der Waals surface area contributed by atoms with Gasteiger partial charge in [-0.05, 0) is 30.5 Å². The minimum atomic E-state index is -0.275. The minimum absolute atomic E-state index is 0.0198. The van der Waals surface area contributed by atoms with Crippen LogP contribution in [0.25, 0.3) is 11.3 Å². The zero-order valence-corrected chi connectivity index (χ0v) is 15.8. The summed E-state index contributed by atoms with van der Waals surface area (Å²) in [7, 11) is 0. The van der Waals surface area contributed by atoms with E-state index in [0.29, 0.717) is 36.2 Å². The number of nitrogen functional groups attached to an aromatic ring is 1. The second-order valence-electron chi connectivity index (χ2n) is 7.87. The molecule has 3 aromatic heterocycles. The van der Waals surface area contributed by atoms with Gasteiger partial charge in [-0.1, -0.05) is 0 Å². The van der Waals surface area contributed by atoms with Crippen LogP contribution in [0.5, 0.6) is 0 Å². The van der Waals surface area contributed by atoms with Crippen molar-refractivity contribution >= 4 is 5.82 Å². The lowest BCUT2D eigenvalue weighted by atomic mass is 9.82. The molecule has 2 N–H and O–H groups in total. The summed E-state index contributed by atoms with van der Waals surface area (Å²) in [5, 5.41) is 0. The number of halogens is 1. The molecule has 0 aliphatic carbocycles. The summed E-state index contributed by atoms with van der Waals surface area (Å²) < 4.78 is 15.9. The van der Waals surface area contributed by atoms with E-state index in [-0.39, 0.29) is 17.3 Å². The van der Waals surface area contributed by atoms with Crippen LogP contribution in [0.4, 0.5) is 10.2 Å². The van der Waals surface area contributed by atoms with Gasteiger partial charge >= 0.3 is 0 Å². The van der Waals surface area contributed by atoms with Crippen LogP contribution in [0.3, 0.4) is 0 Å². The number of hydrogen-bond donors (Lipinski definition) is 1. The predicted molar refractivity (Wildman–Crippen MR) is 106 cm³/mol. The molecular formula is C21H21FN6O. The summed E-state index contributed by atoms with van der Waals surface area (Å²) in [5.74, 6) is 0.671. The van der Waals surface area contributed by atoms with Crippen LogP contribution >= 0.6 is 0 Å². The van der Waals surface area contributed by atoms with Gasteiger partial charge in [0.15, 0.2) is 0 Å². The highest BCUT2D eigenvalue weighted by Gasteiger charge is 2.35. The number of hydrogen-bond acceptors (Lipinski definition) is 6. The zero-order chi connectivity index (χ0) is 20.0. The first-order chi connectivity index (χ1) is 14.1. The third-order valence-electron chi connectivity index (χ3n) is 5.82. The van der Waals surface area contributed by atoms with E-state index >= 15 is 0 Å². The van der Waals surface area contributed by atoms with Gasteiger partial charge in [-0.3, -0.25) is 14.7 Å². The Morgan fingerprint density at radius 2 is 2.03 bits per heavy atom. The van der Waals surface area contributed by atoms with Gasteiger partial charge in [0.1, 0.15) is 18.0 Å². The van der Waals surface area contributed by atoms with Gasteiger partial charge in [0.05, 0.1) is 11.4 Å². The maximum absolute atomic E-state index is 14.0. The molecule has 148 valence electrons. The first-order valence-electron chi connectivity index (χ1n) is 9.71. The molecule has 3 aromatic rings. The molecule has 2 bridgehead atoms. The molecule has 0 saturated carbocycles. The Balaban J connectivity index is 1.47. The summed E-state index contributed by atoms with van der Waals surface area (Å²) >= 11 is 0. The number of likely N-dealkylation sites (tertiary alicyclic amines) is 1. The fraction of sp³-hybridized carbons (Fsp3) is 0.333. The molecule has 1 saturated heterocycles. The molecule has 8 heteroatoms. The molecule has 0 radical (unpaired) electrons. The SMILES string of the molecule is Nc1cc(-c2cc3n(c(=O)c2)C[C@H]2C[C@@H]3CN(Cc3ncccc3F)C2)ncn1. The highest BCUT2D eigenvalue weighted by Crippen LogP contribution is 2.36. The summed E-state index contributed by atoms with van der Waals surface area (Å²) in [6, 6.07) is 8.38. The van der Waals surface area contributed by atoms with Gasteiger partial charge in [0.25, 0.3) is 5.56 Å².